The first-order valence-corrected chi connectivity index (χ1v) is 6.06. The van der Waals surface area contributed by atoms with Gasteiger partial charge in [0, 0.05) is 31.4 Å². The molecule has 0 atom stereocenters. The van der Waals surface area contributed by atoms with Gasteiger partial charge in [-0.1, -0.05) is 0 Å². The van der Waals surface area contributed by atoms with Gasteiger partial charge in [-0.05, 0) is 31.3 Å². The lowest BCUT2D eigenvalue weighted by molar-refractivity contribution is -0.122. The Morgan fingerprint density at radius 2 is 1.84 bits per heavy atom. The molecule has 0 unspecified atom stereocenters. The number of nitrogens with zero attached hydrogens (tertiary/aromatic N) is 1. The first-order chi connectivity index (χ1) is 9.01. The van der Waals surface area contributed by atoms with Crippen molar-refractivity contribution in [1.82, 2.24) is 10.2 Å². The molecule has 0 aliphatic heterocycles. The van der Waals surface area contributed by atoms with Crippen LogP contribution >= 0.6 is 0 Å². The van der Waals surface area contributed by atoms with E-state index < -0.39 is 0 Å². The molecular weight excluding hydrogens is 244 g/mol. The lowest BCUT2D eigenvalue weighted by Crippen LogP contribution is -2.33. The van der Waals surface area contributed by atoms with Gasteiger partial charge >= 0.3 is 0 Å². The van der Waals surface area contributed by atoms with Crippen LogP contribution in [0.15, 0.2) is 24.3 Å². The molecule has 6 heteroatoms. The van der Waals surface area contributed by atoms with Crippen molar-refractivity contribution in [3.63, 3.8) is 0 Å². The van der Waals surface area contributed by atoms with E-state index in [1.165, 1.54) is 0 Å². The van der Waals surface area contributed by atoms with E-state index in [1.54, 1.807) is 43.3 Å². The van der Waals surface area contributed by atoms with Gasteiger partial charge in [-0.25, -0.2) is 0 Å². The number of nitrogen functional groups attached to an aromatic ring is 1. The Morgan fingerprint density at radius 3 is 2.42 bits per heavy atom. The van der Waals surface area contributed by atoms with Gasteiger partial charge in [-0.2, -0.15) is 0 Å². The standard InChI is InChI=1S/C13H20N4O2/c1-15-12(18)7-8-17(2)9-13(19)16-11-5-3-10(14)4-6-11/h3-6H,7-9,14H2,1-2H3,(H,15,18)(H,16,19). The molecule has 0 bridgehead atoms. The summed E-state index contributed by atoms with van der Waals surface area (Å²) in [6, 6.07) is 6.95. The van der Waals surface area contributed by atoms with Crippen LogP contribution in [0.5, 0.6) is 0 Å². The van der Waals surface area contributed by atoms with Crippen molar-refractivity contribution in [3.05, 3.63) is 24.3 Å². The Morgan fingerprint density at radius 1 is 1.21 bits per heavy atom. The number of likely N-dealkylation sites (N-methyl/N-ethyl adjacent to an activating group) is 1. The topological polar surface area (TPSA) is 87.5 Å². The van der Waals surface area contributed by atoms with Crippen LogP contribution in [0.3, 0.4) is 0 Å². The summed E-state index contributed by atoms with van der Waals surface area (Å²) in [5.74, 6) is -0.157. The van der Waals surface area contributed by atoms with Crippen molar-refractivity contribution >= 4 is 23.2 Å². The van der Waals surface area contributed by atoms with Gasteiger partial charge in [0.25, 0.3) is 0 Å². The summed E-state index contributed by atoms with van der Waals surface area (Å²) in [6.07, 6.45) is 0.377. The zero-order valence-electron chi connectivity index (χ0n) is 11.3. The average Bonchev–Trinajstić information content (AvgIpc) is 2.38. The maximum atomic E-state index is 11.7. The van der Waals surface area contributed by atoms with Gasteiger partial charge in [0.15, 0.2) is 0 Å². The molecule has 6 nitrogen and oxygen atoms in total. The van der Waals surface area contributed by atoms with E-state index in [1.807, 2.05) is 0 Å². The molecule has 1 aromatic carbocycles. The van der Waals surface area contributed by atoms with Crippen molar-refractivity contribution < 1.29 is 9.59 Å². The third kappa shape index (κ3) is 5.87. The average molecular weight is 264 g/mol. The minimum Gasteiger partial charge on any atom is -0.399 e. The molecule has 0 radical (unpaired) electrons. The second-order valence-corrected chi connectivity index (χ2v) is 4.33. The number of carbonyl (C=O) groups excluding carboxylic acids is 2. The molecule has 0 saturated carbocycles. The maximum Gasteiger partial charge on any atom is 0.238 e. The van der Waals surface area contributed by atoms with E-state index in [-0.39, 0.29) is 18.4 Å². The number of carbonyl (C=O) groups is 2. The van der Waals surface area contributed by atoms with Crippen LogP contribution in [0.25, 0.3) is 0 Å². The van der Waals surface area contributed by atoms with Crippen LogP contribution in [0.1, 0.15) is 6.42 Å². The lowest BCUT2D eigenvalue weighted by Gasteiger charge is -2.15. The minimum atomic E-state index is -0.121. The predicted molar refractivity (Wildman–Crippen MR) is 75.7 cm³/mol. The van der Waals surface area contributed by atoms with Crippen LogP contribution < -0.4 is 16.4 Å². The SMILES string of the molecule is CNC(=O)CCN(C)CC(=O)Nc1ccc(N)cc1. The third-order valence-electron chi connectivity index (χ3n) is 2.61. The fourth-order valence-electron chi connectivity index (χ4n) is 1.51. The predicted octanol–water partition coefficient (Wildman–Crippen LogP) is 0.275. The number of anilines is 2. The van der Waals surface area contributed by atoms with Gasteiger partial charge in [-0.15, -0.1) is 0 Å². The Bertz CT molecular complexity index is 431. The van der Waals surface area contributed by atoms with Crippen molar-refractivity contribution in [2.75, 3.05) is 38.2 Å². The second kappa shape index (κ2) is 7.38. The monoisotopic (exact) mass is 264 g/mol. The molecule has 19 heavy (non-hydrogen) atoms. The summed E-state index contributed by atoms with van der Waals surface area (Å²) in [7, 11) is 3.39. The summed E-state index contributed by atoms with van der Waals surface area (Å²) < 4.78 is 0. The molecule has 0 heterocycles. The minimum absolute atomic E-state index is 0.0363. The van der Waals surface area contributed by atoms with Crippen molar-refractivity contribution in [2.45, 2.75) is 6.42 Å². The van der Waals surface area contributed by atoms with E-state index in [9.17, 15) is 9.59 Å². The fraction of sp³-hybridized carbons (Fsp3) is 0.385. The molecular formula is C13H20N4O2. The molecule has 0 aliphatic carbocycles. The van der Waals surface area contributed by atoms with Crippen molar-refractivity contribution in [1.29, 1.82) is 0 Å². The zero-order valence-corrected chi connectivity index (χ0v) is 11.3. The number of amides is 2. The van der Waals surface area contributed by atoms with Gasteiger partial charge in [0.2, 0.25) is 11.8 Å². The van der Waals surface area contributed by atoms with Gasteiger partial charge < -0.3 is 16.4 Å². The van der Waals surface area contributed by atoms with Crippen molar-refractivity contribution in [2.24, 2.45) is 0 Å². The summed E-state index contributed by atoms with van der Waals surface area (Å²) >= 11 is 0. The molecule has 0 aliphatic rings. The summed E-state index contributed by atoms with van der Waals surface area (Å²) in [6.45, 7) is 0.774. The second-order valence-electron chi connectivity index (χ2n) is 4.33. The van der Waals surface area contributed by atoms with Crippen LogP contribution in [-0.4, -0.2) is 43.9 Å². The maximum absolute atomic E-state index is 11.7. The third-order valence-corrected chi connectivity index (χ3v) is 2.61. The molecule has 1 rings (SSSR count). The highest BCUT2D eigenvalue weighted by Gasteiger charge is 2.08. The summed E-state index contributed by atoms with van der Waals surface area (Å²) in [5, 5.41) is 5.31. The number of hydrogen-bond donors (Lipinski definition) is 3. The highest BCUT2D eigenvalue weighted by atomic mass is 16.2. The molecule has 0 spiro atoms. The Labute approximate surface area is 113 Å². The number of hydrogen-bond acceptors (Lipinski definition) is 4. The first-order valence-electron chi connectivity index (χ1n) is 6.06. The Kier molecular flexibility index (Phi) is 5.81. The van der Waals surface area contributed by atoms with Gasteiger partial charge in [-0.3, -0.25) is 14.5 Å². The molecule has 0 aromatic heterocycles. The number of rotatable bonds is 6. The van der Waals surface area contributed by atoms with Crippen LogP contribution in [0.4, 0.5) is 11.4 Å². The quantitative estimate of drug-likeness (QED) is 0.644. The molecule has 1 aromatic rings. The van der Waals surface area contributed by atoms with E-state index in [0.29, 0.717) is 24.3 Å². The largest absolute Gasteiger partial charge is 0.399 e. The number of nitrogens with one attached hydrogen (secondary N) is 2. The molecule has 0 fully saturated rings. The summed E-state index contributed by atoms with van der Waals surface area (Å²) in [5.41, 5.74) is 6.92. The number of nitrogens with two attached hydrogens (primary N) is 1. The molecule has 2 amide bonds. The lowest BCUT2D eigenvalue weighted by atomic mass is 10.3. The molecule has 4 N–H and O–H groups in total. The van der Waals surface area contributed by atoms with Gasteiger partial charge in [0.05, 0.1) is 6.54 Å². The highest BCUT2D eigenvalue weighted by molar-refractivity contribution is 5.92. The first kappa shape index (κ1) is 15.0. The van der Waals surface area contributed by atoms with E-state index in [4.69, 9.17) is 5.73 Å². The van der Waals surface area contributed by atoms with Crippen LogP contribution in [0.2, 0.25) is 0 Å². The van der Waals surface area contributed by atoms with Crippen molar-refractivity contribution in [3.8, 4) is 0 Å². The van der Waals surface area contributed by atoms with E-state index in [2.05, 4.69) is 10.6 Å². The zero-order chi connectivity index (χ0) is 14.3. The Hall–Kier alpha value is -2.08. The Balaban J connectivity index is 2.34. The van der Waals surface area contributed by atoms with Crippen LogP contribution in [-0.2, 0) is 9.59 Å². The van der Waals surface area contributed by atoms with E-state index in [0.717, 1.165) is 0 Å². The van der Waals surface area contributed by atoms with E-state index >= 15 is 0 Å². The molecule has 104 valence electrons. The highest BCUT2D eigenvalue weighted by Crippen LogP contribution is 2.10. The summed E-state index contributed by atoms with van der Waals surface area (Å²) in [4.78, 5) is 24.6. The smallest absolute Gasteiger partial charge is 0.238 e. The fourth-order valence-corrected chi connectivity index (χ4v) is 1.51. The molecule has 0 saturated heterocycles. The van der Waals surface area contributed by atoms with Gasteiger partial charge in [0.1, 0.15) is 0 Å². The van der Waals surface area contributed by atoms with Crippen LogP contribution in [0, 0.1) is 0 Å². The number of benzene rings is 1. The normalized spacial score (nSPS) is 10.3.